The van der Waals surface area contributed by atoms with Crippen molar-refractivity contribution < 1.29 is 0 Å². The molecule has 0 amide bonds. The standard InChI is InChI=1S/C36H32N4S/c1-25(2)26-21-33(32-17-10-16-31-30-15-7-8-18-34(30)41-36(31)32)37-35(22-26)40(27-11-5-4-6-12-27)29-14-9-13-28(23-29)39-20-19-38(3)24-39/h4-23,25H,24H2,1-3H3. The van der Waals surface area contributed by atoms with E-state index in [0.29, 0.717) is 5.92 Å². The van der Waals surface area contributed by atoms with E-state index < -0.39 is 0 Å². The fraction of sp³-hybridized carbons (Fsp3) is 0.139. The third-order valence-corrected chi connectivity index (χ3v) is 8.94. The molecule has 0 saturated heterocycles. The molecule has 7 rings (SSSR count). The predicted octanol–water partition coefficient (Wildman–Crippen LogP) is 9.89. The Morgan fingerprint density at radius 1 is 0.756 bits per heavy atom. The SMILES string of the molecule is CC(C)c1cc(-c2cccc3c2sc2ccccc23)nc(N(c2ccccc2)c2cccc(N3C=CN(C)C3)c2)c1. The van der Waals surface area contributed by atoms with Crippen LogP contribution in [0.3, 0.4) is 0 Å². The lowest BCUT2D eigenvalue weighted by Crippen LogP contribution is -2.22. The van der Waals surface area contributed by atoms with Gasteiger partial charge in [0.05, 0.1) is 12.4 Å². The average molecular weight is 553 g/mol. The number of nitrogens with zero attached hydrogens (tertiary/aromatic N) is 4. The highest BCUT2D eigenvalue weighted by atomic mass is 32.1. The first-order chi connectivity index (χ1) is 20.0. The van der Waals surface area contributed by atoms with Crippen molar-refractivity contribution in [1.29, 1.82) is 0 Å². The van der Waals surface area contributed by atoms with Crippen molar-refractivity contribution in [2.45, 2.75) is 19.8 Å². The van der Waals surface area contributed by atoms with E-state index in [4.69, 9.17) is 4.98 Å². The summed E-state index contributed by atoms with van der Waals surface area (Å²) in [5, 5.41) is 2.59. The van der Waals surface area contributed by atoms with Crippen molar-refractivity contribution in [3.05, 3.63) is 127 Å². The summed E-state index contributed by atoms with van der Waals surface area (Å²) < 4.78 is 2.59. The van der Waals surface area contributed by atoms with Crippen molar-refractivity contribution in [2.24, 2.45) is 0 Å². The second-order valence-corrected chi connectivity index (χ2v) is 12.0. The largest absolute Gasteiger partial charge is 0.361 e. The van der Waals surface area contributed by atoms with Crippen LogP contribution in [-0.2, 0) is 0 Å². The van der Waals surface area contributed by atoms with Gasteiger partial charge < -0.3 is 9.80 Å². The van der Waals surface area contributed by atoms with Crippen LogP contribution in [-0.4, -0.2) is 23.6 Å². The number of pyridine rings is 1. The molecular formula is C36H32N4S. The zero-order valence-corrected chi connectivity index (χ0v) is 24.3. The molecule has 0 N–H and O–H groups in total. The summed E-state index contributed by atoms with van der Waals surface area (Å²) in [6.45, 7) is 5.35. The molecule has 0 radical (unpaired) electrons. The lowest BCUT2D eigenvalue weighted by Gasteiger charge is -2.27. The molecule has 1 aliphatic rings. The van der Waals surface area contributed by atoms with Crippen LogP contribution in [0.4, 0.5) is 22.9 Å². The van der Waals surface area contributed by atoms with Crippen LogP contribution in [0.15, 0.2) is 122 Å². The molecule has 0 unspecified atom stereocenters. The van der Waals surface area contributed by atoms with Crippen LogP contribution in [0, 0.1) is 0 Å². The number of hydrogen-bond donors (Lipinski definition) is 0. The Labute approximate surface area is 245 Å². The van der Waals surface area contributed by atoms with Gasteiger partial charge in [-0.25, -0.2) is 4.98 Å². The molecule has 3 heterocycles. The van der Waals surface area contributed by atoms with Gasteiger partial charge in [-0.05, 0) is 60.0 Å². The Bertz CT molecular complexity index is 1890. The predicted molar refractivity (Wildman–Crippen MR) is 176 cm³/mol. The third-order valence-electron chi connectivity index (χ3n) is 7.72. The lowest BCUT2D eigenvalue weighted by molar-refractivity contribution is 0.496. The van der Waals surface area contributed by atoms with Gasteiger partial charge in [-0.1, -0.05) is 74.5 Å². The lowest BCUT2D eigenvalue weighted by atomic mass is 9.99. The molecule has 0 aliphatic carbocycles. The number of rotatable bonds is 6. The average Bonchev–Trinajstić information content (AvgIpc) is 3.61. The number of para-hydroxylation sites is 1. The molecule has 0 fully saturated rings. The molecule has 202 valence electrons. The molecule has 5 heteroatoms. The van der Waals surface area contributed by atoms with Crippen LogP contribution in [0.5, 0.6) is 0 Å². The van der Waals surface area contributed by atoms with E-state index in [1.54, 1.807) is 0 Å². The van der Waals surface area contributed by atoms with Crippen molar-refractivity contribution >= 4 is 54.4 Å². The summed E-state index contributed by atoms with van der Waals surface area (Å²) in [7, 11) is 2.09. The van der Waals surface area contributed by atoms with Crippen molar-refractivity contribution in [3.63, 3.8) is 0 Å². The van der Waals surface area contributed by atoms with Crippen molar-refractivity contribution in [2.75, 3.05) is 23.5 Å². The highest BCUT2D eigenvalue weighted by molar-refractivity contribution is 7.26. The Morgan fingerprint density at radius 3 is 2.32 bits per heavy atom. The summed E-state index contributed by atoms with van der Waals surface area (Å²) in [5.74, 6) is 1.27. The first-order valence-electron chi connectivity index (χ1n) is 14.1. The van der Waals surface area contributed by atoms with Gasteiger partial charge in [0.1, 0.15) is 5.82 Å². The Balaban J connectivity index is 1.42. The zero-order valence-electron chi connectivity index (χ0n) is 23.5. The highest BCUT2D eigenvalue weighted by Gasteiger charge is 2.20. The summed E-state index contributed by atoms with van der Waals surface area (Å²) in [6.07, 6.45) is 4.24. The third kappa shape index (κ3) is 4.72. The van der Waals surface area contributed by atoms with E-state index in [-0.39, 0.29) is 0 Å². The summed E-state index contributed by atoms with van der Waals surface area (Å²) in [6, 6.07) is 39.1. The van der Waals surface area contributed by atoms with Crippen LogP contribution < -0.4 is 9.80 Å². The van der Waals surface area contributed by atoms with Crippen molar-refractivity contribution in [3.8, 4) is 11.3 Å². The van der Waals surface area contributed by atoms with E-state index in [1.807, 2.05) is 11.3 Å². The molecule has 0 bridgehead atoms. The van der Waals surface area contributed by atoms with Gasteiger partial charge in [0.15, 0.2) is 0 Å². The summed E-state index contributed by atoms with van der Waals surface area (Å²) in [4.78, 5) is 12.1. The maximum Gasteiger partial charge on any atom is 0.138 e. The van der Waals surface area contributed by atoms with Gasteiger partial charge >= 0.3 is 0 Å². The monoisotopic (exact) mass is 552 g/mol. The fourth-order valence-electron chi connectivity index (χ4n) is 5.57. The van der Waals surface area contributed by atoms with Gasteiger partial charge in [-0.2, -0.15) is 0 Å². The molecule has 4 nitrogen and oxygen atoms in total. The maximum absolute atomic E-state index is 5.40. The highest BCUT2D eigenvalue weighted by Crippen LogP contribution is 2.42. The molecule has 41 heavy (non-hydrogen) atoms. The van der Waals surface area contributed by atoms with E-state index in [1.165, 1.54) is 31.3 Å². The Kier molecular flexibility index (Phi) is 6.44. The van der Waals surface area contributed by atoms with Crippen molar-refractivity contribution in [1.82, 2.24) is 9.88 Å². The van der Waals surface area contributed by atoms with E-state index in [2.05, 4.69) is 157 Å². The maximum atomic E-state index is 5.40. The van der Waals surface area contributed by atoms with Gasteiger partial charge in [-0.3, -0.25) is 4.90 Å². The molecule has 4 aromatic carbocycles. The minimum atomic E-state index is 0.353. The molecular weight excluding hydrogens is 520 g/mol. The second kappa shape index (κ2) is 10.4. The normalized spacial score (nSPS) is 13.2. The van der Waals surface area contributed by atoms with E-state index in [0.717, 1.165) is 35.2 Å². The Morgan fingerprint density at radius 2 is 1.51 bits per heavy atom. The van der Waals surface area contributed by atoms with Gasteiger partial charge in [0, 0.05) is 62.2 Å². The number of fused-ring (bicyclic) bond motifs is 3. The first-order valence-corrected chi connectivity index (χ1v) is 14.9. The van der Waals surface area contributed by atoms with E-state index >= 15 is 0 Å². The minimum Gasteiger partial charge on any atom is -0.361 e. The van der Waals surface area contributed by atoms with Crippen LogP contribution in [0.25, 0.3) is 31.4 Å². The van der Waals surface area contributed by atoms with Crippen LogP contribution >= 0.6 is 11.3 Å². The number of aromatic nitrogens is 1. The fourth-order valence-corrected chi connectivity index (χ4v) is 6.79. The first kappa shape index (κ1) is 25.4. The summed E-state index contributed by atoms with van der Waals surface area (Å²) >= 11 is 1.85. The number of hydrogen-bond acceptors (Lipinski definition) is 5. The molecule has 1 aliphatic heterocycles. The smallest absolute Gasteiger partial charge is 0.138 e. The van der Waals surface area contributed by atoms with Gasteiger partial charge in [-0.15, -0.1) is 11.3 Å². The number of anilines is 4. The quantitative estimate of drug-likeness (QED) is 0.205. The second-order valence-electron chi connectivity index (χ2n) is 10.9. The zero-order chi connectivity index (χ0) is 27.9. The summed E-state index contributed by atoms with van der Waals surface area (Å²) in [5.41, 5.74) is 6.77. The van der Waals surface area contributed by atoms with Gasteiger partial charge in [0.25, 0.3) is 0 Å². The number of benzene rings is 4. The van der Waals surface area contributed by atoms with Gasteiger partial charge in [0.2, 0.25) is 0 Å². The minimum absolute atomic E-state index is 0.353. The topological polar surface area (TPSA) is 22.6 Å². The molecule has 6 aromatic rings. The van der Waals surface area contributed by atoms with E-state index in [9.17, 15) is 0 Å². The van der Waals surface area contributed by atoms with Crippen LogP contribution in [0.1, 0.15) is 25.3 Å². The molecule has 0 spiro atoms. The van der Waals surface area contributed by atoms with Crippen LogP contribution in [0.2, 0.25) is 0 Å². The molecule has 2 aromatic heterocycles. The molecule has 0 saturated carbocycles. The number of thiophene rings is 1. The Hall–Kier alpha value is -4.61. The molecule has 0 atom stereocenters.